The van der Waals surface area contributed by atoms with Crippen LogP contribution in [0.25, 0.3) is 0 Å². The van der Waals surface area contributed by atoms with Gasteiger partial charge >= 0.3 is 0 Å². The van der Waals surface area contributed by atoms with Crippen molar-refractivity contribution in [3.05, 3.63) is 58.6 Å². The van der Waals surface area contributed by atoms with E-state index in [1.807, 2.05) is 18.2 Å². The molecule has 0 spiro atoms. The maximum absolute atomic E-state index is 10.3. The van der Waals surface area contributed by atoms with Gasteiger partial charge in [0, 0.05) is 49.1 Å². The van der Waals surface area contributed by atoms with Crippen molar-refractivity contribution in [2.24, 2.45) is 0 Å². The van der Waals surface area contributed by atoms with Crippen molar-refractivity contribution < 1.29 is 5.11 Å². The molecular formula is C19H22Cl2N2OS. The normalized spacial score (nSPS) is 16.8. The molecule has 0 amide bonds. The van der Waals surface area contributed by atoms with Crippen LogP contribution in [0.1, 0.15) is 0 Å². The number of hydrogen-bond acceptors (Lipinski definition) is 4. The van der Waals surface area contributed by atoms with Crippen molar-refractivity contribution in [3.8, 4) is 0 Å². The van der Waals surface area contributed by atoms with Crippen LogP contribution in [0.3, 0.4) is 0 Å². The molecule has 1 fully saturated rings. The number of nitrogens with zero attached hydrogens (tertiary/aromatic N) is 2. The molecule has 3 nitrogen and oxygen atoms in total. The molecular weight excluding hydrogens is 375 g/mol. The third-order valence-corrected chi connectivity index (χ3v) is 6.17. The number of piperazine rings is 1. The summed E-state index contributed by atoms with van der Waals surface area (Å²) in [6.45, 7) is 4.65. The minimum Gasteiger partial charge on any atom is -0.391 e. The van der Waals surface area contributed by atoms with Gasteiger partial charge in [-0.15, -0.1) is 11.8 Å². The van der Waals surface area contributed by atoms with Gasteiger partial charge in [0.25, 0.3) is 0 Å². The van der Waals surface area contributed by atoms with Crippen molar-refractivity contribution in [2.75, 3.05) is 43.4 Å². The average molecular weight is 397 g/mol. The summed E-state index contributed by atoms with van der Waals surface area (Å²) in [6, 6.07) is 16.1. The van der Waals surface area contributed by atoms with Gasteiger partial charge in [0.15, 0.2) is 0 Å². The molecule has 6 heteroatoms. The number of aliphatic hydroxyl groups is 1. The van der Waals surface area contributed by atoms with Gasteiger partial charge in [-0.25, -0.2) is 0 Å². The summed E-state index contributed by atoms with van der Waals surface area (Å²) in [5.74, 6) is 0.650. The Bertz CT molecular complexity index is 678. The third kappa shape index (κ3) is 5.53. The van der Waals surface area contributed by atoms with Crippen LogP contribution in [0.5, 0.6) is 0 Å². The molecule has 1 N–H and O–H groups in total. The summed E-state index contributed by atoms with van der Waals surface area (Å²) in [7, 11) is 0. The number of rotatable bonds is 6. The first-order chi connectivity index (χ1) is 12.1. The van der Waals surface area contributed by atoms with Gasteiger partial charge in [-0.3, -0.25) is 4.90 Å². The van der Waals surface area contributed by atoms with E-state index >= 15 is 0 Å². The standard InChI is InChI=1S/C19H22Cl2N2OS/c20-18-7-6-17(12-19(18)21)25-14-16(24)13-22-8-10-23(11-9-22)15-4-2-1-3-5-15/h1-7,12,16,24H,8-11,13-14H2. The Morgan fingerprint density at radius 3 is 2.36 bits per heavy atom. The quantitative estimate of drug-likeness (QED) is 0.737. The Hall–Kier alpha value is -0.910. The summed E-state index contributed by atoms with van der Waals surface area (Å²) in [4.78, 5) is 5.76. The topological polar surface area (TPSA) is 26.7 Å². The highest BCUT2D eigenvalue weighted by Gasteiger charge is 2.19. The zero-order valence-electron chi connectivity index (χ0n) is 13.9. The second-order valence-electron chi connectivity index (χ2n) is 6.16. The number of anilines is 1. The van der Waals surface area contributed by atoms with Gasteiger partial charge < -0.3 is 10.0 Å². The second-order valence-corrected chi connectivity index (χ2v) is 8.07. The van der Waals surface area contributed by atoms with Gasteiger partial charge in [0.1, 0.15) is 0 Å². The number of thioether (sulfide) groups is 1. The second kappa shape index (κ2) is 9.15. The fourth-order valence-electron chi connectivity index (χ4n) is 2.94. The zero-order chi connectivity index (χ0) is 17.6. The van der Waals surface area contributed by atoms with Crippen molar-refractivity contribution in [1.82, 2.24) is 4.90 Å². The Morgan fingerprint density at radius 2 is 1.68 bits per heavy atom. The monoisotopic (exact) mass is 396 g/mol. The molecule has 1 aliphatic rings. The number of aliphatic hydroxyl groups excluding tert-OH is 1. The zero-order valence-corrected chi connectivity index (χ0v) is 16.3. The van der Waals surface area contributed by atoms with Crippen molar-refractivity contribution in [2.45, 2.75) is 11.0 Å². The Morgan fingerprint density at radius 1 is 0.960 bits per heavy atom. The predicted molar refractivity (Wildman–Crippen MR) is 108 cm³/mol. The molecule has 0 aliphatic carbocycles. The van der Waals surface area contributed by atoms with Crippen LogP contribution in [0.4, 0.5) is 5.69 Å². The molecule has 0 saturated carbocycles. The van der Waals surface area contributed by atoms with E-state index in [-0.39, 0.29) is 6.10 Å². The van der Waals surface area contributed by atoms with Gasteiger partial charge in [0.05, 0.1) is 16.1 Å². The predicted octanol–water partition coefficient (Wildman–Crippen LogP) is 4.27. The van der Waals surface area contributed by atoms with E-state index < -0.39 is 0 Å². The molecule has 0 radical (unpaired) electrons. The van der Waals surface area contributed by atoms with E-state index in [2.05, 4.69) is 34.1 Å². The average Bonchev–Trinajstić information content (AvgIpc) is 2.64. The van der Waals surface area contributed by atoms with Gasteiger partial charge in [0.2, 0.25) is 0 Å². The van der Waals surface area contributed by atoms with Gasteiger partial charge in [-0.2, -0.15) is 0 Å². The molecule has 1 heterocycles. The summed E-state index contributed by atoms with van der Waals surface area (Å²) in [5, 5.41) is 11.4. The maximum atomic E-state index is 10.3. The van der Waals surface area contributed by atoms with Crippen LogP contribution in [0.15, 0.2) is 53.4 Å². The van der Waals surface area contributed by atoms with Crippen molar-refractivity contribution in [1.29, 1.82) is 0 Å². The smallest absolute Gasteiger partial charge is 0.0760 e. The molecule has 25 heavy (non-hydrogen) atoms. The number of halogens is 2. The van der Waals surface area contributed by atoms with Crippen LogP contribution in [0, 0.1) is 0 Å². The van der Waals surface area contributed by atoms with Crippen LogP contribution in [-0.4, -0.2) is 54.6 Å². The molecule has 0 aromatic heterocycles. The fourth-order valence-corrected chi connectivity index (χ4v) is 4.16. The first kappa shape index (κ1) is 18.9. The summed E-state index contributed by atoms with van der Waals surface area (Å²) >= 11 is 13.6. The molecule has 1 saturated heterocycles. The lowest BCUT2D eigenvalue weighted by atomic mass is 10.2. The number of hydrogen-bond donors (Lipinski definition) is 1. The molecule has 2 aromatic rings. The number of benzene rings is 2. The van der Waals surface area contributed by atoms with Gasteiger partial charge in [-0.05, 0) is 30.3 Å². The first-order valence-corrected chi connectivity index (χ1v) is 10.1. The van der Waals surface area contributed by atoms with E-state index in [0.29, 0.717) is 22.3 Å². The number of β-amino-alcohol motifs (C(OH)–C–C–N with tert-alkyl or cyclic N) is 1. The minimum atomic E-state index is -0.359. The molecule has 1 atom stereocenters. The Kier molecular flexibility index (Phi) is 6.91. The van der Waals surface area contributed by atoms with E-state index in [1.165, 1.54) is 5.69 Å². The third-order valence-electron chi connectivity index (χ3n) is 4.30. The highest BCUT2D eigenvalue weighted by Crippen LogP contribution is 2.28. The van der Waals surface area contributed by atoms with Crippen molar-refractivity contribution >= 4 is 40.7 Å². The Labute approximate surface area is 163 Å². The van der Waals surface area contributed by atoms with Crippen LogP contribution >= 0.6 is 35.0 Å². The van der Waals surface area contributed by atoms with E-state index in [0.717, 1.165) is 31.1 Å². The van der Waals surface area contributed by atoms with Crippen LogP contribution < -0.4 is 4.90 Å². The molecule has 134 valence electrons. The first-order valence-electron chi connectivity index (χ1n) is 8.40. The highest BCUT2D eigenvalue weighted by molar-refractivity contribution is 7.99. The molecule has 2 aromatic carbocycles. The minimum absolute atomic E-state index is 0.359. The van der Waals surface area contributed by atoms with E-state index in [1.54, 1.807) is 17.8 Å². The molecule has 1 aliphatic heterocycles. The fraction of sp³-hybridized carbons (Fsp3) is 0.368. The Balaban J connectivity index is 1.41. The van der Waals surface area contributed by atoms with Crippen LogP contribution in [-0.2, 0) is 0 Å². The maximum Gasteiger partial charge on any atom is 0.0760 e. The largest absolute Gasteiger partial charge is 0.391 e. The number of para-hydroxylation sites is 1. The van der Waals surface area contributed by atoms with Crippen molar-refractivity contribution in [3.63, 3.8) is 0 Å². The lowest BCUT2D eigenvalue weighted by Crippen LogP contribution is -2.48. The lowest BCUT2D eigenvalue weighted by Gasteiger charge is -2.36. The van der Waals surface area contributed by atoms with E-state index in [9.17, 15) is 5.11 Å². The van der Waals surface area contributed by atoms with Crippen LogP contribution in [0.2, 0.25) is 10.0 Å². The molecule has 0 bridgehead atoms. The van der Waals surface area contributed by atoms with Gasteiger partial charge in [-0.1, -0.05) is 41.4 Å². The SMILES string of the molecule is OC(CSc1ccc(Cl)c(Cl)c1)CN1CCN(c2ccccc2)CC1. The van der Waals surface area contributed by atoms with E-state index in [4.69, 9.17) is 23.2 Å². The highest BCUT2D eigenvalue weighted by atomic mass is 35.5. The lowest BCUT2D eigenvalue weighted by molar-refractivity contribution is 0.126. The molecule has 3 rings (SSSR count). The summed E-state index contributed by atoms with van der Waals surface area (Å²) in [6.07, 6.45) is -0.359. The summed E-state index contributed by atoms with van der Waals surface area (Å²) < 4.78 is 0. The molecule has 1 unspecified atom stereocenters. The summed E-state index contributed by atoms with van der Waals surface area (Å²) in [5.41, 5.74) is 1.28.